The minimum Gasteiger partial charge on any atom is -0.356 e. The molecule has 1 aliphatic rings. The number of nitrogens with one attached hydrogen (secondary N) is 3. The van der Waals surface area contributed by atoms with Gasteiger partial charge in [0.15, 0.2) is 0 Å². The van der Waals surface area contributed by atoms with Crippen molar-refractivity contribution in [3.63, 3.8) is 0 Å². The van der Waals surface area contributed by atoms with Crippen molar-refractivity contribution >= 4 is 17.7 Å². The highest BCUT2D eigenvalue weighted by Gasteiger charge is 2.16. The van der Waals surface area contributed by atoms with Crippen molar-refractivity contribution in [2.45, 2.75) is 25.3 Å². The molecule has 18 heavy (non-hydrogen) atoms. The van der Waals surface area contributed by atoms with Crippen LogP contribution in [0, 0.1) is 0 Å². The Morgan fingerprint density at radius 1 is 1.61 bits per heavy atom. The minimum atomic E-state index is 0.148. The Bertz CT molecular complexity index is 349. The maximum absolute atomic E-state index is 11.7. The van der Waals surface area contributed by atoms with E-state index in [1.54, 1.807) is 6.20 Å². The molecule has 6 heteroatoms. The standard InChI is InChI=1S/C12H20N4OS/c17-12(8-10-9-18-7-6-13-10)16-3-1-2-11-14-4-5-15-11/h4-5,10,13H,1-3,6-9H2,(H,14,15)(H,16,17). The van der Waals surface area contributed by atoms with Crippen molar-refractivity contribution in [2.75, 3.05) is 24.6 Å². The molecule has 0 aliphatic carbocycles. The van der Waals surface area contributed by atoms with Crippen LogP contribution in [0.15, 0.2) is 12.4 Å². The molecular formula is C12H20N4OS. The van der Waals surface area contributed by atoms with Crippen molar-refractivity contribution in [1.82, 2.24) is 20.6 Å². The van der Waals surface area contributed by atoms with Crippen LogP contribution in [-0.2, 0) is 11.2 Å². The molecule has 1 amide bonds. The lowest BCUT2D eigenvalue weighted by atomic mass is 10.2. The second-order valence-electron chi connectivity index (χ2n) is 4.42. The third-order valence-electron chi connectivity index (χ3n) is 2.90. The zero-order valence-corrected chi connectivity index (χ0v) is 11.3. The third kappa shape index (κ3) is 4.70. The van der Waals surface area contributed by atoms with Crippen LogP contribution < -0.4 is 10.6 Å². The summed E-state index contributed by atoms with van der Waals surface area (Å²) in [6.45, 7) is 1.74. The van der Waals surface area contributed by atoms with Gasteiger partial charge in [-0.1, -0.05) is 0 Å². The number of aromatic nitrogens is 2. The fraction of sp³-hybridized carbons (Fsp3) is 0.667. The van der Waals surface area contributed by atoms with Crippen LogP contribution in [-0.4, -0.2) is 46.5 Å². The largest absolute Gasteiger partial charge is 0.356 e. The molecule has 1 fully saturated rings. The fourth-order valence-corrected chi connectivity index (χ4v) is 2.91. The number of carbonyl (C=O) groups is 1. The Balaban J connectivity index is 1.54. The highest BCUT2D eigenvalue weighted by Crippen LogP contribution is 2.09. The topological polar surface area (TPSA) is 69.8 Å². The van der Waals surface area contributed by atoms with Gasteiger partial charge in [-0.15, -0.1) is 0 Å². The molecule has 2 heterocycles. The van der Waals surface area contributed by atoms with Gasteiger partial charge in [-0.05, 0) is 6.42 Å². The van der Waals surface area contributed by atoms with Crippen LogP contribution in [0.3, 0.4) is 0 Å². The molecule has 0 spiro atoms. The summed E-state index contributed by atoms with van der Waals surface area (Å²) in [7, 11) is 0. The Morgan fingerprint density at radius 3 is 3.28 bits per heavy atom. The van der Waals surface area contributed by atoms with Crippen LogP contribution >= 0.6 is 11.8 Å². The molecule has 2 rings (SSSR count). The van der Waals surface area contributed by atoms with Gasteiger partial charge < -0.3 is 15.6 Å². The van der Waals surface area contributed by atoms with Crippen LogP contribution in [0.1, 0.15) is 18.7 Å². The summed E-state index contributed by atoms with van der Waals surface area (Å²) in [5.74, 6) is 3.32. The van der Waals surface area contributed by atoms with Gasteiger partial charge in [-0.2, -0.15) is 11.8 Å². The minimum absolute atomic E-state index is 0.148. The van der Waals surface area contributed by atoms with Gasteiger partial charge in [0.25, 0.3) is 0 Å². The third-order valence-corrected chi connectivity index (χ3v) is 4.03. The Kier molecular flexibility index (Phi) is 5.54. The van der Waals surface area contributed by atoms with Crippen molar-refractivity contribution in [1.29, 1.82) is 0 Å². The van der Waals surface area contributed by atoms with E-state index in [1.807, 2.05) is 18.0 Å². The van der Waals surface area contributed by atoms with Crippen LogP contribution in [0.5, 0.6) is 0 Å². The van der Waals surface area contributed by atoms with Gasteiger partial charge in [0.05, 0.1) is 0 Å². The predicted octanol–water partition coefficient (Wildman–Crippen LogP) is 0.554. The van der Waals surface area contributed by atoms with Gasteiger partial charge in [-0.3, -0.25) is 4.79 Å². The number of rotatable bonds is 6. The SMILES string of the molecule is O=C(CC1CSCCN1)NCCCc1ncc[nH]1. The molecule has 1 unspecified atom stereocenters. The first-order valence-corrected chi connectivity index (χ1v) is 7.56. The summed E-state index contributed by atoms with van der Waals surface area (Å²) in [4.78, 5) is 18.9. The van der Waals surface area contributed by atoms with Gasteiger partial charge in [0, 0.05) is 55.9 Å². The lowest BCUT2D eigenvalue weighted by molar-refractivity contribution is -0.121. The molecule has 1 aromatic rings. The van der Waals surface area contributed by atoms with Gasteiger partial charge in [-0.25, -0.2) is 4.98 Å². The maximum Gasteiger partial charge on any atom is 0.221 e. The average molecular weight is 268 g/mol. The molecule has 1 atom stereocenters. The number of nitrogens with zero attached hydrogens (tertiary/aromatic N) is 1. The van der Waals surface area contributed by atoms with Crippen molar-refractivity contribution in [3.05, 3.63) is 18.2 Å². The number of amides is 1. The maximum atomic E-state index is 11.7. The van der Waals surface area contributed by atoms with Crippen LogP contribution in [0.2, 0.25) is 0 Å². The van der Waals surface area contributed by atoms with Gasteiger partial charge in [0.1, 0.15) is 5.82 Å². The number of H-pyrrole nitrogens is 1. The first-order chi connectivity index (χ1) is 8.84. The molecule has 1 aliphatic heterocycles. The molecule has 3 N–H and O–H groups in total. The van der Waals surface area contributed by atoms with E-state index in [-0.39, 0.29) is 5.91 Å². The number of hydrogen-bond donors (Lipinski definition) is 3. The Labute approximate surface area is 112 Å². The summed E-state index contributed by atoms with van der Waals surface area (Å²) < 4.78 is 0. The van der Waals surface area contributed by atoms with E-state index in [9.17, 15) is 4.79 Å². The molecule has 0 aromatic carbocycles. The van der Waals surface area contributed by atoms with E-state index in [0.29, 0.717) is 12.5 Å². The number of imidazole rings is 1. The number of carbonyl (C=O) groups excluding carboxylic acids is 1. The summed E-state index contributed by atoms with van der Waals surface area (Å²) in [6.07, 6.45) is 5.96. The molecular weight excluding hydrogens is 248 g/mol. The average Bonchev–Trinajstić information content (AvgIpc) is 2.89. The lowest BCUT2D eigenvalue weighted by Gasteiger charge is -2.22. The Morgan fingerprint density at radius 2 is 2.56 bits per heavy atom. The number of hydrogen-bond acceptors (Lipinski definition) is 4. The highest BCUT2D eigenvalue weighted by molar-refractivity contribution is 7.99. The van der Waals surface area contributed by atoms with E-state index < -0.39 is 0 Å². The fourth-order valence-electron chi connectivity index (χ4n) is 1.97. The lowest BCUT2D eigenvalue weighted by Crippen LogP contribution is -2.41. The first kappa shape index (κ1) is 13.4. The highest BCUT2D eigenvalue weighted by atomic mass is 32.2. The summed E-state index contributed by atoms with van der Waals surface area (Å²) >= 11 is 1.92. The molecule has 1 saturated heterocycles. The number of aryl methyl sites for hydroxylation is 1. The predicted molar refractivity (Wildman–Crippen MR) is 73.7 cm³/mol. The van der Waals surface area contributed by atoms with Crippen LogP contribution in [0.25, 0.3) is 0 Å². The number of aromatic amines is 1. The summed E-state index contributed by atoms with van der Waals surface area (Å²) in [6, 6.07) is 0.342. The van der Waals surface area contributed by atoms with Crippen molar-refractivity contribution in [2.24, 2.45) is 0 Å². The second kappa shape index (κ2) is 7.43. The quantitative estimate of drug-likeness (QED) is 0.659. The molecule has 1 aromatic heterocycles. The molecule has 5 nitrogen and oxygen atoms in total. The Hall–Kier alpha value is -1.01. The van der Waals surface area contributed by atoms with E-state index in [1.165, 1.54) is 0 Å². The van der Waals surface area contributed by atoms with Crippen molar-refractivity contribution in [3.8, 4) is 0 Å². The van der Waals surface area contributed by atoms with E-state index in [2.05, 4.69) is 20.6 Å². The molecule has 0 radical (unpaired) electrons. The van der Waals surface area contributed by atoms with Crippen molar-refractivity contribution < 1.29 is 4.79 Å². The van der Waals surface area contributed by atoms with Crippen LogP contribution in [0.4, 0.5) is 0 Å². The smallest absolute Gasteiger partial charge is 0.221 e. The van der Waals surface area contributed by atoms with Gasteiger partial charge in [0.2, 0.25) is 5.91 Å². The normalized spacial score (nSPS) is 19.7. The summed E-state index contributed by atoms with van der Waals surface area (Å²) in [5.41, 5.74) is 0. The zero-order chi connectivity index (χ0) is 12.6. The monoisotopic (exact) mass is 268 g/mol. The zero-order valence-electron chi connectivity index (χ0n) is 10.4. The van der Waals surface area contributed by atoms with E-state index in [0.717, 1.165) is 43.3 Å². The molecule has 100 valence electrons. The summed E-state index contributed by atoms with van der Waals surface area (Å²) in [5, 5.41) is 6.33. The first-order valence-electron chi connectivity index (χ1n) is 6.40. The molecule has 0 bridgehead atoms. The molecule has 0 saturated carbocycles. The van der Waals surface area contributed by atoms with E-state index in [4.69, 9.17) is 0 Å². The van der Waals surface area contributed by atoms with Gasteiger partial charge >= 0.3 is 0 Å². The van der Waals surface area contributed by atoms with E-state index >= 15 is 0 Å². The second-order valence-corrected chi connectivity index (χ2v) is 5.57. The number of thioether (sulfide) groups is 1.